The maximum Gasteiger partial charge on any atom is 0.191 e. The van der Waals surface area contributed by atoms with Gasteiger partial charge in [0.25, 0.3) is 0 Å². The first-order valence-corrected chi connectivity index (χ1v) is 6.21. The van der Waals surface area contributed by atoms with Crippen molar-refractivity contribution in [3.8, 4) is 0 Å². The monoisotopic (exact) mass is 276 g/mol. The van der Waals surface area contributed by atoms with Crippen molar-refractivity contribution in [1.29, 1.82) is 0 Å². The smallest absolute Gasteiger partial charge is 0.191 e. The Bertz CT molecular complexity index is 487. The lowest BCUT2D eigenvalue weighted by molar-refractivity contribution is 0.623. The van der Waals surface area contributed by atoms with Gasteiger partial charge in [0.1, 0.15) is 5.04 Å². The molecule has 0 saturated heterocycles. The predicted octanol–water partition coefficient (Wildman–Crippen LogP) is 1.14. The summed E-state index contributed by atoms with van der Waals surface area (Å²) in [6, 6.07) is 6.78. The number of nitrogens with two attached hydrogens (primary N) is 1. The van der Waals surface area contributed by atoms with Crippen LogP contribution in [0.2, 0.25) is 5.02 Å². The van der Waals surface area contributed by atoms with Gasteiger partial charge in [-0.1, -0.05) is 23.7 Å². The fourth-order valence-electron chi connectivity index (χ4n) is 1.06. The number of rotatable bonds is 2. The molecule has 1 aromatic carbocycles. The summed E-state index contributed by atoms with van der Waals surface area (Å²) in [7, 11) is -2.78. The van der Waals surface area contributed by atoms with E-state index in [-0.39, 0.29) is 16.6 Å². The molecule has 1 aromatic rings. The van der Waals surface area contributed by atoms with Crippen molar-refractivity contribution in [3.63, 3.8) is 0 Å². The number of aliphatic imine (C=N–C) groups is 1. The number of hydrogen-bond donors (Lipinski definition) is 2. The van der Waals surface area contributed by atoms with Gasteiger partial charge >= 0.3 is 0 Å². The maximum atomic E-state index is 10.9. The maximum absolute atomic E-state index is 10.9. The minimum atomic E-state index is -2.78. The van der Waals surface area contributed by atoms with Crippen molar-refractivity contribution in [3.05, 3.63) is 34.9 Å². The Morgan fingerprint density at radius 3 is 2.38 bits per heavy atom. The van der Waals surface area contributed by atoms with Gasteiger partial charge < -0.3 is 5.73 Å². The number of hydrogen-bond acceptors (Lipinski definition) is 3. The van der Waals surface area contributed by atoms with Gasteiger partial charge in [0.15, 0.2) is 15.8 Å². The Labute approximate surface area is 105 Å². The van der Waals surface area contributed by atoms with Crippen LogP contribution in [-0.2, 0) is 17.1 Å². The first-order chi connectivity index (χ1) is 7.49. The molecule has 0 atom stereocenters. The molecule has 7 heteroatoms. The lowest BCUT2D eigenvalue weighted by atomic mass is 10.2. The first-order valence-electron chi connectivity index (χ1n) is 4.25. The molecule has 0 amide bonds. The summed E-state index contributed by atoms with van der Waals surface area (Å²) in [5.41, 5.74) is 5.94. The molecule has 0 spiro atoms. The van der Waals surface area contributed by atoms with Crippen LogP contribution in [0, 0.1) is 0 Å². The zero-order valence-corrected chi connectivity index (χ0v) is 10.6. The third kappa shape index (κ3) is 4.26. The molecule has 4 nitrogen and oxygen atoms in total. The summed E-state index contributed by atoms with van der Waals surface area (Å²) >= 11 is 10.2. The zero-order valence-electron chi connectivity index (χ0n) is 8.09. The highest BCUT2D eigenvalue weighted by Gasteiger charge is 2.05. The van der Waals surface area contributed by atoms with E-state index in [9.17, 15) is 8.42 Å². The van der Waals surface area contributed by atoms with E-state index in [4.69, 9.17) is 17.3 Å². The molecule has 0 bridgehead atoms. The average Bonchev–Trinajstić information content (AvgIpc) is 2.19. The van der Waals surface area contributed by atoms with Crippen molar-refractivity contribution >= 4 is 44.7 Å². The topological polar surface area (TPSA) is 72.5 Å². The van der Waals surface area contributed by atoms with Crippen molar-refractivity contribution in [2.75, 3.05) is 0 Å². The lowest BCUT2D eigenvalue weighted by Gasteiger charge is -2.00. The summed E-state index contributed by atoms with van der Waals surface area (Å²) in [4.78, 5) is 3.59. The second kappa shape index (κ2) is 5.93. The third-order valence-corrected chi connectivity index (χ3v) is 2.75. The van der Waals surface area contributed by atoms with E-state index in [0.29, 0.717) is 5.02 Å². The van der Waals surface area contributed by atoms with E-state index in [1.165, 1.54) is 0 Å². The second-order valence-corrected chi connectivity index (χ2v) is 4.81. The average molecular weight is 277 g/mol. The summed E-state index contributed by atoms with van der Waals surface area (Å²) < 4.78 is 21.7. The van der Waals surface area contributed by atoms with E-state index in [0.717, 1.165) is 5.56 Å². The zero-order chi connectivity index (χ0) is 12.1. The van der Waals surface area contributed by atoms with Gasteiger partial charge in [-0.3, -0.25) is 0 Å². The Balaban J connectivity index is 2.93. The van der Waals surface area contributed by atoms with Gasteiger partial charge in [-0.25, -0.2) is 13.4 Å². The molecule has 2 N–H and O–H groups in total. The van der Waals surface area contributed by atoms with Gasteiger partial charge in [-0.2, -0.15) is 0 Å². The SMILES string of the molecule is NC(=S)N=C(Cc1ccc(Cl)cc1)[SH](=O)=O. The summed E-state index contributed by atoms with van der Waals surface area (Å²) in [6.07, 6.45) is 0.160. The third-order valence-electron chi connectivity index (χ3n) is 1.73. The Morgan fingerprint density at radius 2 is 1.94 bits per heavy atom. The van der Waals surface area contributed by atoms with Crippen LogP contribution in [0.25, 0.3) is 0 Å². The standard InChI is InChI=1S/C9H9ClN2O2S2/c10-7-3-1-6(2-4-7)5-8(16(13)14)12-9(11)15/h1-4,16H,5H2,(H2,11,15). The number of thiol groups is 1. The van der Waals surface area contributed by atoms with Gasteiger partial charge in [0, 0.05) is 11.4 Å². The Kier molecular flexibility index (Phi) is 4.85. The lowest BCUT2D eigenvalue weighted by Crippen LogP contribution is -2.12. The Morgan fingerprint density at radius 1 is 1.38 bits per heavy atom. The molecule has 0 heterocycles. The van der Waals surface area contributed by atoms with Crippen molar-refractivity contribution in [2.45, 2.75) is 6.42 Å². The fourth-order valence-corrected chi connectivity index (χ4v) is 1.86. The van der Waals surface area contributed by atoms with E-state index in [1.807, 2.05) is 0 Å². The van der Waals surface area contributed by atoms with E-state index in [2.05, 4.69) is 17.2 Å². The van der Waals surface area contributed by atoms with Crippen LogP contribution >= 0.6 is 23.8 Å². The molecule has 86 valence electrons. The minimum absolute atomic E-state index is 0.0511. The van der Waals surface area contributed by atoms with Gasteiger partial charge in [0.2, 0.25) is 0 Å². The van der Waals surface area contributed by atoms with Gasteiger partial charge in [-0.15, -0.1) is 0 Å². The van der Waals surface area contributed by atoms with Crippen LogP contribution in [0.1, 0.15) is 5.56 Å². The molecule has 0 radical (unpaired) electrons. The summed E-state index contributed by atoms with van der Waals surface area (Å²) in [6.45, 7) is 0. The predicted molar refractivity (Wildman–Crippen MR) is 69.7 cm³/mol. The van der Waals surface area contributed by atoms with Crippen LogP contribution in [0.3, 0.4) is 0 Å². The van der Waals surface area contributed by atoms with Crippen LogP contribution in [-0.4, -0.2) is 18.6 Å². The van der Waals surface area contributed by atoms with Crippen LogP contribution in [0.5, 0.6) is 0 Å². The fraction of sp³-hybridized carbons (Fsp3) is 0.111. The van der Waals surface area contributed by atoms with Crippen LogP contribution < -0.4 is 5.73 Å². The molecule has 1 rings (SSSR count). The number of nitrogens with zero attached hydrogens (tertiary/aromatic N) is 1. The molecule has 0 unspecified atom stereocenters. The van der Waals surface area contributed by atoms with E-state index < -0.39 is 10.7 Å². The van der Waals surface area contributed by atoms with Crippen LogP contribution in [0.15, 0.2) is 29.3 Å². The van der Waals surface area contributed by atoms with Crippen molar-refractivity contribution < 1.29 is 8.42 Å². The normalized spacial score (nSPS) is 11.8. The van der Waals surface area contributed by atoms with E-state index >= 15 is 0 Å². The number of halogens is 1. The highest BCUT2D eigenvalue weighted by atomic mass is 35.5. The molecule has 0 aliphatic carbocycles. The molecular weight excluding hydrogens is 268 g/mol. The second-order valence-electron chi connectivity index (χ2n) is 2.93. The van der Waals surface area contributed by atoms with Crippen molar-refractivity contribution in [2.24, 2.45) is 10.7 Å². The highest BCUT2D eigenvalue weighted by molar-refractivity contribution is 7.89. The van der Waals surface area contributed by atoms with Gasteiger partial charge in [-0.05, 0) is 29.9 Å². The molecule has 0 saturated carbocycles. The molecule has 0 fully saturated rings. The largest absolute Gasteiger partial charge is 0.374 e. The molecule has 0 aliphatic heterocycles. The minimum Gasteiger partial charge on any atom is -0.374 e. The van der Waals surface area contributed by atoms with E-state index in [1.54, 1.807) is 24.3 Å². The van der Waals surface area contributed by atoms with Crippen molar-refractivity contribution in [1.82, 2.24) is 0 Å². The summed E-state index contributed by atoms with van der Waals surface area (Å²) in [5.74, 6) is 0. The number of benzene rings is 1. The van der Waals surface area contributed by atoms with Crippen LogP contribution in [0.4, 0.5) is 0 Å². The summed E-state index contributed by atoms with van der Waals surface area (Å²) in [5, 5.41) is 0.344. The molecular formula is C9H9ClN2O2S2. The Hall–Kier alpha value is -0.980. The van der Waals surface area contributed by atoms with Gasteiger partial charge in [0.05, 0.1) is 0 Å². The molecule has 0 aromatic heterocycles. The number of thiocarbonyl (C=S) groups is 1. The molecule has 16 heavy (non-hydrogen) atoms. The highest BCUT2D eigenvalue weighted by Crippen LogP contribution is 2.10. The quantitative estimate of drug-likeness (QED) is 0.368. The molecule has 0 aliphatic rings. The first kappa shape index (κ1) is 13.1.